The highest BCUT2D eigenvalue weighted by molar-refractivity contribution is 8.17. The fourth-order valence-corrected chi connectivity index (χ4v) is 3.19. The van der Waals surface area contributed by atoms with Crippen LogP contribution in [0.5, 0.6) is 0 Å². The molecule has 1 aromatic carbocycles. The van der Waals surface area contributed by atoms with Crippen molar-refractivity contribution in [2.24, 2.45) is 4.99 Å². The van der Waals surface area contributed by atoms with Crippen LogP contribution in [0.4, 0.5) is 0 Å². The van der Waals surface area contributed by atoms with Crippen LogP contribution in [0.25, 0.3) is 0 Å². The second kappa shape index (κ2) is 5.19. The highest BCUT2D eigenvalue weighted by Crippen LogP contribution is 2.43. The Morgan fingerprint density at radius 2 is 2.00 bits per heavy atom. The van der Waals surface area contributed by atoms with Crippen LogP contribution in [-0.2, 0) is 6.54 Å². The van der Waals surface area contributed by atoms with E-state index in [-0.39, 0.29) is 5.54 Å². The first-order valence-corrected chi connectivity index (χ1v) is 7.09. The molecule has 0 radical (unpaired) electrons. The van der Waals surface area contributed by atoms with Crippen LogP contribution >= 0.6 is 11.8 Å². The average molecular weight is 260 g/mol. The SMILES string of the molecule is C=C1SC(=NCc2ccccc2)N(C)C1(C)CC. The minimum atomic E-state index is 0.0419. The third kappa shape index (κ3) is 2.32. The zero-order valence-electron chi connectivity index (χ0n) is 11.3. The van der Waals surface area contributed by atoms with Crippen LogP contribution in [-0.4, -0.2) is 22.7 Å². The van der Waals surface area contributed by atoms with E-state index in [1.807, 2.05) is 6.07 Å². The standard InChI is InChI=1S/C15H20N2S/c1-5-15(3)12(2)18-14(17(15)4)16-11-13-9-7-6-8-10-13/h6-10H,2,5,11H2,1,3-4H3. The van der Waals surface area contributed by atoms with Crippen molar-refractivity contribution in [2.75, 3.05) is 7.05 Å². The first-order valence-electron chi connectivity index (χ1n) is 6.27. The third-order valence-electron chi connectivity index (χ3n) is 3.77. The molecule has 1 aromatic rings. The van der Waals surface area contributed by atoms with E-state index in [2.05, 4.69) is 56.6 Å². The molecule has 1 fully saturated rings. The number of amidine groups is 1. The van der Waals surface area contributed by atoms with Gasteiger partial charge in [0.25, 0.3) is 0 Å². The van der Waals surface area contributed by atoms with E-state index in [0.717, 1.165) is 18.1 Å². The van der Waals surface area contributed by atoms with Crippen LogP contribution in [0.1, 0.15) is 25.8 Å². The number of benzene rings is 1. The van der Waals surface area contributed by atoms with E-state index in [1.165, 1.54) is 10.5 Å². The number of hydrogen-bond donors (Lipinski definition) is 0. The molecular formula is C15H20N2S. The minimum Gasteiger partial charge on any atom is -0.344 e. The molecule has 0 spiro atoms. The lowest BCUT2D eigenvalue weighted by atomic mass is 9.98. The second-order valence-corrected chi connectivity index (χ2v) is 5.86. The Bertz CT molecular complexity index is 467. The molecule has 1 atom stereocenters. The maximum absolute atomic E-state index is 4.71. The molecule has 18 heavy (non-hydrogen) atoms. The predicted molar refractivity (Wildman–Crippen MR) is 80.8 cm³/mol. The minimum absolute atomic E-state index is 0.0419. The first kappa shape index (κ1) is 13.2. The molecule has 1 saturated heterocycles. The lowest BCUT2D eigenvalue weighted by molar-refractivity contribution is 0.292. The molecule has 0 aromatic heterocycles. The predicted octanol–water partition coefficient (Wildman–Crippen LogP) is 3.90. The zero-order valence-corrected chi connectivity index (χ0v) is 12.1. The maximum Gasteiger partial charge on any atom is 0.164 e. The molecule has 96 valence electrons. The van der Waals surface area contributed by atoms with Gasteiger partial charge in [0.05, 0.1) is 12.1 Å². The molecule has 0 N–H and O–H groups in total. The summed E-state index contributed by atoms with van der Waals surface area (Å²) in [7, 11) is 2.11. The molecule has 3 heteroatoms. The molecule has 1 aliphatic heterocycles. The summed E-state index contributed by atoms with van der Waals surface area (Å²) in [4.78, 5) is 8.16. The first-order chi connectivity index (χ1) is 8.58. The summed E-state index contributed by atoms with van der Waals surface area (Å²) in [6, 6.07) is 10.4. The molecule has 0 saturated carbocycles. The van der Waals surface area contributed by atoms with Crippen molar-refractivity contribution in [3.8, 4) is 0 Å². The largest absolute Gasteiger partial charge is 0.344 e. The topological polar surface area (TPSA) is 15.6 Å². The lowest BCUT2D eigenvalue weighted by Gasteiger charge is -2.32. The van der Waals surface area contributed by atoms with Crippen molar-refractivity contribution in [1.82, 2.24) is 4.90 Å². The highest BCUT2D eigenvalue weighted by atomic mass is 32.2. The summed E-state index contributed by atoms with van der Waals surface area (Å²) < 4.78 is 0. The lowest BCUT2D eigenvalue weighted by Crippen LogP contribution is -2.40. The Labute approximate surface area is 114 Å². The van der Waals surface area contributed by atoms with Gasteiger partial charge >= 0.3 is 0 Å². The summed E-state index contributed by atoms with van der Waals surface area (Å²) in [5.74, 6) is 0. The maximum atomic E-state index is 4.71. The van der Waals surface area contributed by atoms with Gasteiger partial charge in [-0.3, -0.25) is 4.99 Å². The van der Waals surface area contributed by atoms with Crippen LogP contribution in [0.15, 0.2) is 46.8 Å². The van der Waals surface area contributed by atoms with Gasteiger partial charge in [0, 0.05) is 12.0 Å². The van der Waals surface area contributed by atoms with Crippen molar-refractivity contribution >= 4 is 16.9 Å². The van der Waals surface area contributed by atoms with Crippen molar-refractivity contribution in [2.45, 2.75) is 32.4 Å². The number of likely N-dealkylation sites (N-methyl/N-ethyl adjacent to an activating group) is 1. The Morgan fingerprint density at radius 3 is 2.56 bits per heavy atom. The number of aliphatic imine (C=N–C) groups is 1. The van der Waals surface area contributed by atoms with Gasteiger partial charge in [-0.05, 0) is 18.9 Å². The van der Waals surface area contributed by atoms with E-state index in [9.17, 15) is 0 Å². The molecule has 1 unspecified atom stereocenters. The van der Waals surface area contributed by atoms with Crippen LogP contribution in [0.2, 0.25) is 0 Å². The number of hydrogen-bond acceptors (Lipinski definition) is 2. The summed E-state index contributed by atoms with van der Waals surface area (Å²) in [6.45, 7) is 9.34. The van der Waals surface area contributed by atoms with Gasteiger partial charge in [0.15, 0.2) is 5.17 Å². The molecule has 0 aliphatic carbocycles. The third-order valence-corrected chi connectivity index (χ3v) is 5.04. The van der Waals surface area contributed by atoms with Gasteiger partial charge in [0.2, 0.25) is 0 Å². The Hall–Kier alpha value is -1.22. The van der Waals surface area contributed by atoms with E-state index in [1.54, 1.807) is 11.8 Å². The number of rotatable bonds is 3. The van der Waals surface area contributed by atoms with E-state index < -0.39 is 0 Å². The Morgan fingerprint density at radius 1 is 1.33 bits per heavy atom. The molecule has 0 amide bonds. The van der Waals surface area contributed by atoms with Crippen molar-refractivity contribution < 1.29 is 0 Å². The second-order valence-electron chi connectivity index (χ2n) is 4.80. The molecule has 1 heterocycles. The fraction of sp³-hybridized carbons (Fsp3) is 0.400. The van der Waals surface area contributed by atoms with Crippen LogP contribution < -0.4 is 0 Å². The smallest absolute Gasteiger partial charge is 0.164 e. The van der Waals surface area contributed by atoms with Gasteiger partial charge in [-0.15, -0.1) is 0 Å². The number of thioether (sulfide) groups is 1. The molecule has 1 aliphatic rings. The normalized spacial score (nSPS) is 26.1. The van der Waals surface area contributed by atoms with Crippen molar-refractivity contribution in [3.63, 3.8) is 0 Å². The summed E-state index contributed by atoms with van der Waals surface area (Å²) in [5.41, 5.74) is 1.29. The number of nitrogens with zero attached hydrogens (tertiary/aromatic N) is 2. The van der Waals surface area contributed by atoms with Crippen LogP contribution in [0, 0.1) is 0 Å². The van der Waals surface area contributed by atoms with E-state index in [0.29, 0.717) is 0 Å². The van der Waals surface area contributed by atoms with Gasteiger partial charge in [-0.2, -0.15) is 0 Å². The van der Waals surface area contributed by atoms with Crippen LogP contribution in [0.3, 0.4) is 0 Å². The summed E-state index contributed by atoms with van der Waals surface area (Å²) in [6.07, 6.45) is 1.06. The quantitative estimate of drug-likeness (QED) is 0.819. The van der Waals surface area contributed by atoms with Gasteiger partial charge in [-0.1, -0.05) is 55.6 Å². The summed E-state index contributed by atoms with van der Waals surface area (Å²) >= 11 is 1.71. The van der Waals surface area contributed by atoms with Crippen molar-refractivity contribution in [3.05, 3.63) is 47.4 Å². The Kier molecular flexibility index (Phi) is 3.81. The monoisotopic (exact) mass is 260 g/mol. The molecule has 0 bridgehead atoms. The average Bonchev–Trinajstić information content (AvgIpc) is 2.62. The van der Waals surface area contributed by atoms with Gasteiger partial charge < -0.3 is 4.90 Å². The summed E-state index contributed by atoms with van der Waals surface area (Å²) in [5, 5.41) is 1.08. The van der Waals surface area contributed by atoms with E-state index >= 15 is 0 Å². The Balaban J connectivity index is 2.14. The van der Waals surface area contributed by atoms with E-state index in [4.69, 9.17) is 4.99 Å². The molecular weight excluding hydrogens is 240 g/mol. The molecule has 2 nitrogen and oxygen atoms in total. The molecule has 2 rings (SSSR count). The highest BCUT2D eigenvalue weighted by Gasteiger charge is 2.40. The van der Waals surface area contributed by atoms with Crippen molar-refractivity contribution in [1.29, 1.82) is 0 Å². The van der Waals surface area contributed by atoms with Gasteiger partial charge in [-0.25, -0.2) is 0 Å². The van der Waals surface area contributed by atoms with Gasteiger partial charge in [0.1, 0.15) is 0 Å². The fourth-order valence-electron chi connectivity index (χ4n) is 2.00. The zero-order chi connectivity index (χ0) is 13.2.